The van der Waals surface area contributed by atoms with E-state index in [1.54, 1.807) is 15.9 Å². The van der Waals surface area contributed by atoms with Gasteiger partial charge in [0.25, 0.3) is 5.91 Å². The summed E-state index contributed by atoms with van der Waals surface area (Å²) in [5, 5.41) is 9.99. The van der Waals surface area contributed by atoms with Crippen LogP contribution in [0.1, 0.15) is 41.6 Å². The van der Waals surface area contributed by atoms with Crippen LogP contribution in [0.4, 0.5) is 0 Å². The Kier molecular flexibility index (Phi) is 4.44. The van der Waals surface area contributed by atoms with Crippen LogP contribution in [0.25, 0.3) is 0 Å². The molecule has 1 unspecified atom stereocenters. The van der Waals surface area contributed by atoms with E-state index in [1.807, 2.05) is 25.1 Å². The fourth-order valence-electron chi connectivity index (χ4n) is 5.10. The molecule has 2 aliphatic heterocycles. The highest BCUT2D eigenvalue weighted by molar-refractivity contribution is 5.96. The smallest absolute Gasteiger partial charge is 0.313 e. The predicted octanol–water partition coefficient (Wildman–Crippen LogP) is 2.17. The zero-order valence-electron chi connectivity index (χ0n) is 15.7. The van der Waals surface area contributed by atoms with E-state index in [0.29, 0.717) is 18.7 Å². The number of carboxylic acid groups (broad SMARTS) is 1. The topological polar surface area (TPSA) is 77.9 Å². The number of carbonyl (C=O) groups excluding carboxylic acids is 2. The van der Waals surface area contributed by atoms with Gasteiger partial charge in [0.1, 0.15) is 5.41 Å². The number of hydrogen-bond donors (Lipinski definition) is 1. The van der Waals surface area contributed by atoms with Crippen molar-refractivity contribution < 1.29 is 19.5 Å². The number of aliphatic carboxylic acids is 1. The molecule has 4 rings (SSSR count). The van der Waals surface area contributed by atoms with Crippen molar-refractivity contribution in [1.82, 2.24) is 9.80 Å². The highest BCUT2D eigenvalue weighted by Gasteiger charge is 2.59. The largest absolute Gasteiger partial charge is 0.481 e. The van der Waals surface area contributed by atoms with Crippen molar-refractivity contribution in [3.05, 3.63) is 35.4 Å². The second kappa shape index (κ2) is 6.66. The highest BCUT2D eigenvalue weighted by atomic mass is 16.4. The lowest BCUT2D eigenvalue weighted by Gasteiger charge is -2.27. The van der Waals surface area contributed by atoms with Gasteiger partial charge in [0.15, 0.2) is 0 Å². The first-order valence-electron chi connectivity index (χ1n) is 9.79. The second-order valence-corrected chi connectivity index (χ2v) is 8.36. The molecule has 0 aromatic heterocycles. The van der Waals surface area contributed by atoms with E-state index in [4.69, 9.17) is 0 Å². The van der Waals surface area contributed by atoms with Crippen molar-refractivity contribution in [2.45, 2.75) is 32.6 Å². The lowest BCUT2D eigenvalue weighted by Crippen LogP contribution is -2.44. The van der Waals surface area contributed by atoms with E-state index in [2.05, 4.69) is 0 Å². The summed E-state index contributed by atoms with van der Waals surface area (Å²) in [5.74, 6) is -1.04. The summed E-state index contributed by atoms with van der Waals surface area (Å²) >= 11 is 0. The Morgan fingerprint density at radius 3 is 2.30 bits per heavy atom. The third-order valence-electron chi connectivity index (χ3n) is 6.71. The van der Waals surface area contributed by atoms with E-state index in [9.17, 15) is 19.5 Å². The van der Waals surface area contributed by atoms with E-state index >= 15 is 0 Å². The van der Waals surface area contributed by atoms with Crippen LogP contribution in [-0.2, 0) is 9.59 Å². The Hall–Kier alpha value is -2.37. The van der Waals surface area contributed by atoms with Crippen molar-refractivity contribution >= 4 is 17.8 Å². The number of aryl methyl sites for hydroxylation is 1. The molecule has 3 fully saturated rings. The molecule has 1 aliphatic carbocycles. The first-order chi connectivity index (χ1) is 12.9. The van der Waals surface area contributed by atoms with Crippen molar-refractivity contribution in [2.75, 3.05) is 26.2 Å². The maximum atomic E-state index is 12.9. The third-order valence-corrected chi connectivity index (χ3v) is 6.71. The molecule has 6 nitrogen and oxygen atoms in total. The van der Waals surface area contributed by atoms with Crippen LogP contribution in [0.15, 0.2) is 24.3 Å². The number of carboxylic acids is 1. The van der Waals surface area contributed by atoms with Gasteiger partial charge in [-0.05, 0) is 31.4 Å². The molecule has 27 heavy (non-hydrogen) atoms. The van der Waals surface area contributed by atoms with Crippen LogP contribution >= 0.6 is 0 Å². The molecule has 3 aliphatic rings. The number of benzene rings is 1. The van der Waals surface area contributed by atoms with E-state index < -0.39 is 11.4 Å². The van der Waals surface area contributed by atoms with Crippen LogP contribution in [0.3, 0.4) is 0 Å². The molecule has 144 valence electrons. The Morgan fingerprint density at radius 1 is 1.04 bits per heavy atom. The van der Waals surface area contributed by atoms with Crippen molar-refractivity contribution in [3.63, 3.8) is 0 Å². The van der Waals surface area contributed by atoms with Crippen LogP contribution in [0.5, 0.6) is 0 Å². The number of likely N-dealkylation sites (tertiary alicyclic amines) is 2. The van der Waals surface area contributed by atoms with Gasteiger partial charge >= 0.3 is 5.97 Å². The molecule has 1 saturated carbocycles. The quantitative estimate of drug-likeness (QED) is 0.885. The molecular weight excluding hydrogens is 344 g/mol. The zero-order valence-corrected chi connectivity index (χ0v) is 15.7. The fourth-order valence-corrected chi connectivity index (χ4v) is 5.10. The molecule has 0 bridgehead atoms. The van der Waals surface area contributed by atoms with Gasteiger partial charge in [-0.3, -0.25) is 14.4 Å². The summed E-state index contributed by atoms with van der Waals surface area (Å²) in [6.07, 6.45) is 3.99. The van der Waals surface area contributed by atoms with E-state index in [-0.39, 0.29) is 36.7 Å². The van der Waals surface area contributed by atoms with Crippen molar-refractivity contribution in [2.24, 2.45) is 17.3 Å². The molecule has 6 heteroatoms. The van der Waals surface area contributed by atoms with Gasteiger partial charge in [0, 0.05) is 43.6 Å². The first-order valence-corrected chi connectivity index (χ1v) is 9.79. The number of rotatable bonds is 3. The molecule has 2 heterocycles. The maximum Gasteiger partial charge on any atom is 0.313 e. The van der Waals surface area contributed by atoms with Gasteiger partial charge < -0.3 is 14.9 Å². The summed E-state index contributed by atoms with van der Waals surface area (Å²) in [6, 6.07) is 7.39. The Bertz CT molecular complexity index is 786. The average Bonchev–Trinajstić information content (AvgIpc) is 3.35. The molecular formula is C21H26N2O4. The van der Waals surface area contributed by atoms with Crippen molar-refractivity contribution in [3.8, 4) is 0 Å². The first kappa shape index (κ1) is 18.0. The molecule has 1 N–H and O–H groups in total. The summed E-state index contributed by atoms with van der Waals surface area (Å²) < 4.78 is 0. The summed E-state index contributed by atoms with van der Waals surface area (Å²) in [4.78, 5) is 41.3. The zero-order chi connectivity index (χ0) is 19.2. The van der Waals surface area contributed by atoms with Gasteiger partial charge in [-0.2, -0.15) is 0 Å². The van der Waals surface area contributed by atoms with Crippen LogP contribution in [0.2, 0.25) is 0 Å². The van der Waals surface area contributed by atoms with Crippen LogP contribution in [-0.4, -0.2) is 58.9 Å². The van der Waals surface area contributed by atoms with Gasteiger partial charge in [-0.1, -0.05) is 31.0 Å². The Labute approximate surface area is 159 Å². The molecule has 2 saturated heterocycles. The summed E-state index contributed by atoms with van der Waals surface area (Å²) in [6.45, 7) is 3.13. The molecule has 1 aromatic rings. The third kappa shape index (κ3) is 2.91. The number of hydrogen-bond acceptors (Lipinski definition) is 3. The minimum absolute atomic E-state index is 0.0550. The van der Waals surface area contributed by atoms with E-state index in [1.165, 1.54) is 0 Å². The van der Waals surface area contributed by atoms with E-state index in [0.717, 1.165) is 31.2 Å². The average molecular weight is 370 g/mol. The van der Waals surface area contributed by atoms with Gasteiger partial charge in [0.05, 0.1) is 0 Å². The lowest BCUT2D eigenvalue weighted by atomic mass is 9.81. The highest BCUT2D eigenvalue weighted by Crippen LogP contribution is 2.44. The molecule has 2 atom stereocenters. The summed E-state index contributed by atoms with van der Waals surface area (Å²) in [7, 11) is 0. The molecule has 0 radical (unpaired) electrons. The number of amides is 2. The fraction of sp³-hybridized carbons (Fsp3) is 0.571. The minimum Gasteiger partial charge on any atom is -0.481 e. The lowest BCUT2D eigenvalue weighted by molar-refractivity contribution is -0.149. The number of fused-ring (bicyclic) bond motifs is 1. The standard InChI is InChI=1S/C21H26N2O4/c1-14-6-2-5-9-17(14)19(25)23-11-16-10-22(12-21(16,13-23)20(26)27)18(24)15-7-3-4-8-15/h2,5-6,9,15-16H,3-4,7-8,10-13H2,1H3,(H,26,27)/t16?,21-/m1/s1. The minimum atomic E-state index is -1.04. The number of carbonyl (C=O) groups is 3. The molecule has 0 spiro atoms. The maximum absolute atomic E-state index is 12.9. The Morgan fingerprint density at radius 2 is 1.67 bits per heavy atom. The second-order valence-electron chi connectivity index (χ2n) is 8.36. The van der Waals surface area contributed by atoms with Crippen molar-refractivity contribution in [1.29, 1.82) is 0 Å². The van der Waals surface area contributed by atoms with Gasteiger partial charge in [-0.15, -0.1) is 0 Å². The van der Waals surface area contributed by atoms with Gasteiger partial charge in [0.2, 0.25) is 5.91 Å². The Balaban J connectivity index is 1.53. The summed E-state index contributed by atoms with van der Waals surface area (Å²) in [5.41, 5.74) is 0.478. The number of nitrogens with zero attached hydrogens (tertiary/aromatic N) is 2. The molecule has 2 amide bonds. The molecule has 1 aromatic carbocycles. The van der Waals surface area contributed by atoms with Gasteiger partial charge in [-0.25, -0.2) is 0 Å². The van der Waals surface area contributed by atoms with Crippen LogP contribution < -0.4 is 0 Å². The monoisotopic (exact) mass is 370 g/mol. The van der Waals surface area contributed by atoms with Crippen LogP contribution in [0, 0.1) is 24.2 Å². The predicted molar refractivity (Wildman–Crippen MR) is 99.2 cm³/mol. The normalized spacial score (nSPS) is 27.8. The SMILES string of the molecule is Cc1ccccc1C(=O)N1CC2CN(C(=O)C3CCCC3)C[C@@]2(C(=O)O)C1.